The average Bonchev–Trinajstić information content (AvgIpc) is 2.25. The Morgan fingerprint density at radius 2 is 2.12 bits per heavy atom. The summed E-state index contributed by atoms with van der Waals surface area (Å²) >= 11 is 0. The first kappa shape index (κ1) is 13.2. The van der Waals surface area contributed by atoms with E-state index in [1.165, 1.54) is 6.07 Å². The molecule has 0 aliphatic heterocycles. The first-order valence-corrected chi connectivity index (χ1v) is 7.01. The molecule has 0 aliphatic rings. The summed E-state index contributed by atoms with van der Waals surface area (Å²) in [7, 11) is -0.987. The highest BCUT2D eigenvalue weighted by Crippen LogP contribution is 2.16. The molecule has 1 aromatic rings. The predicted octanol–water partition coefficient (Wildman–Crippen LogP) is 2.85. The van der Waals surface area contributed by atoms with E-state index in [-0.39, 0.29) is 11.4 Å². The van der Waals surface area contributed by atoms with Crippen LogP contribution in [0.5, 0.6) is 0 Å². The maximum Gasteiger partial charge on any atom is 0.150 e. The maximum absolute atomic E-state index is 13.5. The van der Waals surface area contributed by atoms with Crippen LogP contribution in [0.1, 0.15) is 31.7 Å². The molecule has 1 rings (SSSR count). The number of rotatable bonds is 6. The molecule has 0 fully saturated rings. The van der Waals surface area contributed by atoms with Crippen molar-refractivity contribution in [2.45, 2.75) is 31.9 Å². The fourth-order valence-electron chi connectivity index (χ4n) is 1.47. The van der Waals surface area contributed by atoms with Gasteiger partial charge in [-0.25, -0.2) is 4.39 Å². The number of nitrogen functional groups attached to an aromatic ring is 1. The number of halogens is 1. The fraction of sp³-hybridized carbons (Fsp3) is 0.500. The Balaban J connectivity index is 2.53. The SMILES string of the molecule is CCCCCS(=O)Cc1cccc(N)c1F. The van der Waals surface area contributed by atoms with Crippen LogP contribution >= 0.6 is 0 Å². The Labute approximate surface area is 98.5 Å². The lowest BCUT2D eigenvalue weighted by Crippen LogP contribution is -2.04. The van der Waals surface area contributed by atoms with Crippen molar-refractivity contribution in [3.8, 4) is 0 Å². The Morgan fingerprint density at radius 1 is 1.38 bits per heavy atom. The second-order valence-electron chi connectivity index (χ2n) is 3.82. The van der Waals surface area contributed by atoms with Gasteiger partial charge in [0.2, 0.25) is 0 Å². The molecule has 0 spiro atoms. The summed E-state index contributed by atoms with van der Waals surface area (Å²) in [4.78, 5) is 0. The molecular weight excluding hydrogens is 225 g/mol. The number of nitrogens with two attached hydrogens (primary N) is 1. The van der Waals surface area contributed by atoms with Gasteiger partial charge in [0, 0.05) is 22.1 Å². The smallest absolute Gasteiger partial charge is 0.150 e. The summed E-state index contributed by atoms with van der Waals surface area (Å²) < 4.78 is 25.1. The van der Waals surface area contributed by atoms with Gasteiger partial charge in [0.15, 0.2) is 0 Å². The Kier molecular flexibility index (Phi) is 5.46. The van der Waals surface area contributed by atoms with Crippen LogP contribution in [0.25, 0.3) is 0 Å². The van der Waals surface area contributed by atoms with E-state index >= 15 is 0 Å². The van der Waals surface area contributed by atoms with Gasteiger partial charge in [0.1, 0.15) is 5.82 Å². The summed E-state index contributed by atoms with van der Waals surface area (Å²) in [5.41, 5.74) is 6.03. The van der Waals surface area contributed by atoms with E-state index in [2.05, 4.69) is 6.92 Å². The van der Waals surface area contributed by atoms with Gasteiger partial charge in [0.05, 0.1) is 11.4 Å². The Bertz CT molecular complexity index is 368. The molecule has 0 saturated carbocycles. The molecule has 4 heteroatoms. The van der Waals surface area contributed by atoms with Crippen LogP contribution in [0.4, 0.5) is 10.1 Å². The van der Waals surface area contributed by atoms with Crippen molar-refractivity contribution in [3.05, 3.63) is 29.6 Å². The minimum absolute atomic E-state index is 0.128. The Morgan fingerprint density at radius 3 is 2.81 bits per heavy atom. The third kappa shape index (κ3) is 3.93. The number of anilines is 1. The molecule has 0 heterocycles. The van der Waals surface area contributed by atoms with Crippen molar-refractivity contribution < 1.29 is 8.60 Å². The van der Waals surface area contributed by atoms with Crippen LogP contribution in [-0.4, -0.2) is 9.96 Å². The van der Waals surface area contributed by atoms with Crippen molar-refractivity contribution in [3.63, 3.8) is 0 Å². The van der Waals surface area contributed by atoms with E-state index in [1.807, 2.05) is 0 Å². The first-order valence-electron chi connectivity index (χ1n) is 5.53. The molecule has 90 valence electrons. The molecule has 1 aromatic carbocycles. The van der Waals surface area contributed by atoms with Gasteiger partial charge in [-0.2, -0.15) is 0 Å². The highest BCUT2D eigenvalue weighted by Gasteiger charge is 2.08. The minimum Gasteiger partial charge on any atom is -0.396 e. The second kappa shape index (κ2) is 6.63. The molecular formula is C12H18FNOS. The number of hydrogen-bond acceptors (Lipinski definition) is 2. The van der Waals surface area contributed by atoms with Gasteiger partial charge >= 0.3 is 0 Å². The zero-order chi connectivity index (χ0) is 12.0. The Hall–Kier alpha value is -0.900. The van der Waals surface area contributed by atoms with Crippen molar-refractivity contribution in [2.24, 2.45) is 0 Å². The third-order valence-corrected chi connectivity index (χ3v) is 3.78. The van der Waals surface area contributed by atoms with Crippen molar-refractivity contribution in [2.75, 3.05) is 11.5 Å². The normalized spacial score (nSPS) is 12.6. The van der Waals surface area contributed by atoms with Crippen molar-refractivity contribution in [1.82, 2.24) is 0 Å². The topological polar surface area (TPSA) is 43.1 Å². The second-order valence-corrected chi connectivity index (χ2v) is 5.39. The molecule has 1 unspecified atom stereocenters. The van der Waals surface area contributed by atoms with Crippen LogP contribution in [0.2, 0.25) is 0 Å². The van der Waals surface area contributed by atoms with Crippen LogP contribution in [0.3, 0.4) is 0 Å². The van der Waals surface area contributed by atoms with Gasteiger partial charge in [-0.15, -0.1) is 0 Å². The molecule has 0 saturated heterocycles. The predicted molar refractivity (Wildman–Crippen MR) is 67.1 cm³/mol. The average molecular weight is 243 g/mol. The molecule has 2 N–H and O–H groups in total. The van der Waals surface area contributed by atoms with Gasteiger partial charge in [-0.05, 0) is 12.5 Å². The summed E-state index contributed by atoms with van der Waals surface area (Å²) in [5.74, 6) is 0.481. The molecule has 0 amide bonds. The molecule has 0 aliphatic carbocycles. The van der Waals surface area contributed by atoms with Gasteiger partial charge < -0.3 is 5.73 Å². The van der Waals surface area contributed by atoms with Crippen LogP contribution < -0.4 is 5.73 Å². The lowest BCUT2D eigenvalue weighted by Gasteiger charge is -2.05. The zero-order valence-corrected chi connectivity index (χ0v) is 10.4. The van der Waals surface area contributed by atoms with Crippen LogP contribution in [-0.2, 0) is 16.6 Å². The third-order valence-electron chi connectivity index (χ3n) is 2.40. The highest BCUT2D eigenvalue weighted by atomic mass is 32.2. The van der Waals surface area contributed by atoms with E-state index < -0.39 is 16.6 Å². The zero-order valence-electron chi connectivity index (χ0n) is 9.54. The lowest BCUT2D eigenvalue weighted by molar-refractivity contribution is 0.619. The van der Waals surface area contributed by atoms with Crippen LogP contribution in [0.15, 0.2) is 18.2 Å². The van der Waals surface area contributed by atoms with Gasteiger partial charge in [0.25, 0.3) is 0 Å². The monoisotopic (exact) mass is 243 g/mol. The van der Waals surface area contributed by atoms with Crippen molar-refractivity contribution >= 4 is 16.5 Å². The number of hydrogen-bond donors (Lipinski definition) is 1. The summed E-state index contributed by atoms with van der Waals surface area (Å²) in [6.45, 7) is 2.10. The number of benzene rings is 1. The molecule has 0 radical (unpaired) electrons. The summed E-state index contributed by atoms with van der Waals surface area (Å²) in [6.07, 6.45) is 3.11. The van der Waals surface area contributed by atoms with E-state index in [0.29, 0.717) is 11.3 Å². The highest BCUT2D eigenvalue weighted by molar-refractivity contribution is 7.84. The largest absolute Gasteiger partial charge is 0.396 e. The summed E-state index contributed by atoms with van der Waals surface area (Å²) in [5, 5.41) is 0. The van der Waals surface area contributed by atoms with E-state index in [4.69, 9.17) is 5.73 Å². The quantitative estimate of drug-likeness (QED) is 0.616. The van der Waals surface area contributed by atoms with Crippen LogP contribution in [0, 0.1) is 5.82 Å². The standard InChI is InChI=1S/C12H18FNOS/c1-2-3-4-8-16(15)9-10-6-5-7-11(14)12(10)13/h5-7H,2-4,8-9,14H2,1H3. The molecule has 0 aromatic heterocycles. The first-order chi connectivity index (χ1) is 7.65. The van der Waals surface area contributed by atoms with E-state index in [9.17, 15) is 8.60 Å². The minimum atomic E-state index is -0.987. The molecule has 0 bridgehead atoms. The lowest BCUT2D eigenvalue weighted by atomic mass is 10.2. The molecule has 16 heavy (non-hydrogen) atoms. The van der Waals surface area contributed by atoms with Gasteiger partial charge in [-0.3, -0.25) is 4.21 Å². The fourth-order valence-corrected chi connectivity index (χ4v) is 2.71. The number of unbranched alkanes of at least 4 members (excludes halogenated alkanes) is 2. The molecule has 2 nitrogen and oxygen atoms in total. The molecule has 1 atom stereocenters. The summed E-state index contributed by atoms with van der Waals surface area (Å²) in [6, 6.07) is 4.85. The van der Waals surface area contributed by atoms with Gasteiger partial charge in [-0.1, -0.05) is 31.9 Å². The maximum atomic E-state index is 13.5. The van der Waals surface area contributed by atoms with E-state index in [0.717, 1.165) is 19.3 Å². The van der Waals surface area contributed by atoms with Crippen molar-refractivity contribution in [1.29, 1.82) is 0 Å². The van der Waals surface area contributed by atoms with E-state index in [1.54, 1.807) is 12.1 Å².